The van der Waals surface area contributed by atoms with E-state index in [0.29, 0.717) is 24.3 Å². The SMILES string of the molecule is CC1CC(OC(=O)CCS)CC(C)[NH+]1C. The van der Waals surface area contributed by atoms with Crippen molar-refractivity contribution in [2.75, 3.05) is 12.8 Å². The minimum absolute atomic E-state index is 0.103. The first-order valence-corrected chi connectivity index (χ1v) is 6.31. The average molecular weight is 232 g/mol. The van der Waals surface area contributed by atoms with Gasteiger partial charge in [-0.15, -0.1) is 0 Å². The van der Waals surface area contributed by atoms with Gasteiger partial charge in [0.1, 0.15) is 6.10 Å². The Labute approximate surface area is 97.6 Å². The molecule has 88 valence electrons. The van der Waals surface area contributed by atoms with Gasteiger partial charge in [0.15, 0.2) is 0 Å². The molecule has 4 heteroatoms. The zero-order chi connectivity index (χ0) is 11.4. The molecule has 1 saturated heterocycles. The van der Waals surface area contributed by atoms with E-state index in [-0.39, 0.29) is 12.1 Å². The van der Waals surface area contributed by atoms with Gasteiger partial charge in [-0.2, -0.15) is 12.6 Å². The third kappa shape index (κ3) is 3.68. The third-order valence-electron chi connectivity index (χ3n) is 3.40. The van der Waals surface area contributed by atoms with Gasteiger partial charge in [-0.25, -0.2) is 0 Å². The lowest BCUT2D eigenvalue weighted by Crippen LogP contribution is -3.17. The molecular formula is C11H22NO2S+. The fraction of sp³-hybridized carbons (Fsp3) is 0.909. The van der Waals surface area contributed by atoms with E-state index in [0.717, 1.165) is 12.8 Å². The van der Waals surface area contributed by atoms with Crippen LogP contribution in [-0.4, -0.2) is 37.0 Å². The van der Waals surface area contributed by atoms with Gasteiger partial charge in [-0.3, -0.25) is 4.79 Å². The summed E-state index contributed by atoms with van der Waals surface area (Å²) in [5.41, 5.74) is 0. The number of nitrogens with one attached hydrogen (secondary N) is 1. The van der Waals surface area contributed by atoms with Crippen LogP contribution in [0.15, 0.2) is 0 Å². The van der Waals surface area contributed by atoms with Crippen molar-refractivity contribution in [3.05, 3.63) is 0 Å². The monoisotopic (exact) mass is 232 g/mol. The highest BCUT2D eigenvalue weighted by molar-refractivity contribution is 7.80. The van der Waals surface area contributed by atoms with Crippen molar-refractivity contribution in [3.63, 3.8) is 0 Å². The third-order valence-corrected chi connectivity index (χ3v) is 3.63. The maximum absolute atomic E-state index is 11.3. The molecule has 0 aromatic carbocycles. The molecule has 0 aromatic heterocycles. The molecule has 15 heavy (non-hydrogen) atoms. The fourth-order valence-corrected chi connectivity index (χ4v) is 2.36. The second-order valence-corrected chi connectivity index (χ2v) is 5.05. The summed E-state index contributed by atoms with van der Waals surface area (Å²) in [6, 6.07) is 1.14. The van der Waals surface area contributed by atoms with Crippen molar-refractivity contribution in [1.82, 2.24) is 0 Å². The van der Waals surface area contributed by atoms with E-state index in [9.17, 15) is 4.79 Å². The smallest absolute Gasteiger partial charge is 0.306 e. The van der Waals surface area contributed by atoms with Crippen LogP contribution in [0, 0.1) is 0 Å². The van der Waals surface area contributed by atoms with Crippen LogP contribution in [0.1, 0.15) is 33.1 Å². The predicted octanol–water partition coefficient (Wildman–Crippen LogP) is 0.304. The van der Waals surface area contributed by atoms with Crippen molar-refractivity contribution in [3.8, 4) is 0 Å². The number of ether oxygens (including phenoxy) is 1. The quantitative estimate of drug-likeness (QED) is 0.542. The molecule has 0 radical (unpaired) electrons. The van der Waals surface area contributed by atoms with Gasteiger partial charge in [0, 0.05) is 18.6 Å². The summed E-state index contributed by atoms with van der Waals surface area (Å²) in [4.78, 5) is 12.9. The number of thiol groups is 1. The standard InChI is InChI=1S/C11H21NO2S/c1-8-6-10(7-9(2)12(8)3)14-11(13)4-5-15/h8-10,15H,4-7H2,1-3H3/p+1. The molecule has 1 aliphatic rings. The van der Waals surface area contributed by atoms with Crippen LogP contribution in [0.25, 0.3) is 0 Å². The Morgan fingerprint density at radius 2 is 1.93 bits per heavy atom. The van der Waals surface area contributed by atoms with Crippen LogP contribution in [0.5, 0.6) is 0 Å². The van der Waals surface area contributed by atoms with Crippen LogP contribution < -0.4 is 4.90 Å². The van der Waals surface area contributed by atoms with Gasteiger partial charge < -0.3 is 9.64 Å². The first-order valence-electron chi connectivity index (χ1n) is 5.68. The van der Waals surface area contributed by atoms with Crippen LogP contribution >= 0.6 is 12.6 Å². The minimum atomic E-state index is -0.103. The number of esters is 1. The zero-order valence-corrected chi connectivity index (χ0v) is 10.7. The Balaban J connectivity index is 2.41. The Morgan fingerprint density at radius 1 is 1.40 bits per heavy atom. The molecular weight excluding hydrogens is 210 g/mol. The van der Waals surface area contributed by atoms with E-state index in [1.165, 1.54) is 4.90 Å². The van der Waals surface area contributed by atoms with Crippen LogP contribution in [-0.2, 0) is 9.53 Å². The van der Waals surface area contributed by atoms with Crippen molar-refractivity contribution < 1.29 is 14.4 Å². The van der Waals surface area contributed by atoms with Crippen LogP contribution in [0.3, 0.4) is 0 Å². The number of rotatable bonds is 3. The Bertz CT molecular complexity index is 211. The van der Waals surface area contributed by atoms with E-state index < -0.39 is 0 Å². The van der Waals surface area contributed by atoms with E-state index in [1.54, 1.807) is 0 Å². The number of carbonyl (C=O) groups is 1. The molecule has 0 spiro atoms. The summed E-state index contributed by atoms with van der Waals surface area (Å²) in [6.45, 7) is 4.43. The predicted molar refractivity (Wildman–Crippen MR) is 63.4 cm³/mol. The Morgan fingerprint density at radius 3 is 2.40 bits per heavy atom. The topological polar surface area (TPSA) is 30.7 Å². The van der Waals surface area contributed by atoms with E-state index >= 15 is 0 Å². The van der Waals surface area contributed by atoms with Crippen molar-refractivity contribution >= 4 is 18.6 Å². The van der Waals surface area contributed by atoms with Gasteiger partial charge in [0.25, 0.3) is 0 Å². The zero-order valence-electron chi connectivity index (χ0n) is 9.82. The molecule has 3 nitrogen and oxygen atoms in total. The molecule has 0 bridgehead atoms. The number of likely N-dealkylation sites (tertiary alicyclic amines) is 1. The highest BCUT2D eigenvalue weighted by atomic mass is 32.1. The molecule has 0 aromatic rings. The highest BCUT2D eigenvalue weighted by Crippen LogP contribution is 2.13. The maximum Gasteiger partial charge on any atom is 0.306 e. The van der Waals surface area contributed by atoms with Gasteiger partial charge in [0.2, 0.25) is 0 Å². The Kier molecular flexibility index (Phi) is 4.93. The molecule has 2 unspecified atom stereocenters. The average Bonchev–Trinajstić information content (AvgIpc) is 2.14. The molecule has 2 atom stereocenters. The van der Waals surface area contributed by atoms with Crippen molar-refractivity contribution in [1.29, 1.82) is 0 Å². The van der Waals surface area contributed by atoms with E-state index in [2.05, 4.69) is 33.5 Å². The molecule has 0 aliphatic carbocycles. The van der Waals surface area contributed by atoms with Crippen molar-refractivity contribution in [2.24, 2.45) is 0 Å². The molecule has 1 fully saturated rings. The number of hydrogen-bond acceptors (Lipinski definition) is 3. The van der Waals surface area contributed by atoms with Gasteiger partial charge in [-0.05, 0) is 13.8 Å². The molecule has 1 N–H and O–H groups in total. The summed E-state index contributed by atoms with van der Waals surface area (Å²) >= 11 is 4.02. The Hall–Kier alpha value is -0.220. The van der Waals surface area contributed by atoms with E-state index in [1.807, 2.05) is 0 Å². The summed E-state index contributed by atoms with van der Waals surface area (Å²) in [5, 5.41) is 0. The lowest BCUT2D eigenvalue weighted by molar-refractivity contribution is -0.933. The summed E-state index contributed by atoms with van der Waals surface area (Å²) in [6.07, 6.45) is 2.50. The molecule has 0 saturated carbocycles. The van der Waals surface area contributed by atoms with Gasteiger partial charge >= 0.3 is 5.97 Å². The number of hydrogen-bond donors (Lipinski definition) is 2. The normalized spacial score (nSPS) is 36.3. The fourth-order valence-electron chi connectivity index (χ4n) is 2.17. The number of quaternary nitrogens is 1. The number of carbonyl (C=O) groups excluding carboxylic acids is 1. The minimum Gasteiger partial charge on any atom is -0.462 e. The van der Waals surface area contributed by atoms with E-state index in [4.69, 9.17) is 4.74 Å². The van der Waals surface area contributed by atoms with Gasteiger partial charge in [0.05, 0.1) is 25.6 Å². The highest BCUT2D eigenvalue weighted by Gasteiger charge is 2.33. The number of piperidine rings is 1. The molecule has 1 heterocycles. The second kappa shape index (κ2) is 5.75. The second-order valence-electron chi connectivity index (χ2n) is 4.60. The summed E-state index contributed by atoms with van der Waals surface area (Å²) < 4.78 is 5.42. The molecule has 1 rings (SSSR count). The lowest BCUT2D eigenvalue weighted by atomic mass is 9.95. The maximum atomic E-state index is 11.3. The first-order chi connectivity index (χ1) is 7.04. The van der Waals surface area contributed by atoms with Crippen molar-refractivity contribution in [2.45, 2.75) is 51.3 Å². The first kappa shape index (κ1) is 12.8. The largest absolute Gasteiger partial charge is 0.462 e. The summed E-state index contributed by atoms with van der Waals surface area (Å²) in [7, 11) is 2.21. The summed E-state index contributed by atoms with van der Waals surface area (Å²) in [5.74, 6) is 0.468. The lowest BCUT2D eigenvalue weighted by Gasteiger charge is -2.36. The molecule has 0 amide bonds. The van der Waals surface area contributed by atoms with Crippen LogP contribution in [0.4, 0.5) is 0 Å². The molecule has 1 aliphatic heterocycles. The van der Waals surface area contributed by atoms with Gasteiger partial charge in [-0.1, -0.05) is 0 Å². The van der Waals surface area contributed by atoms with Crippen LogP contribution in [0.2, 0.25) is 0 Å².